The molecule has 1 atom stereocenters. The first kappa shape index (κ1) is 17.6. The maximum absolute atomic E-state index is 12.5. The molecular formula is C17H12F3N3O3. The lowest BCUT2D eigenvalue weighted by Gasteiger charge is -2.21. The second kappa shape index (κ2) is 6.25. The molecule has 0 bridgehead atoms. The average Bonchev–Trinajstić information content (AvgIpc) is 2.85. The topological polar surface area (TPSA) is 79.4 Å². The number of alkyl halides is 3. The maximum Gasteiger partial charge on any atom is 0.417 e. The fourth-order valence-corrected chi connectivity index (χ4v) is 2.54. The van der Waals surface area contributed by atoms with Gasteiger partial charge in [0.15, 0.2) is 0 Å². The molecule has 3 rings (SSSR count). The number of rotatable bonds is 3. The number of amides is 3. The summed E-state index contributed by atoms with van der Waals surface area (Å²) in [5, 5.41) is 2.30. The van der Waals surface area contributed by atoms with Gasteiger partial charge in [0.05, 0.1) is 16.7 Å². The van der Waals surface area contributed by atoms with Crippen LogP contribution in [-0.4, -0.2) is 33.6 Å². The van der Waals surface area contributed by atoms with Gasteiger partial charge >= 0.3 is 6.18 Å². The largest absolute Gasteiger partial charge is 0.417 e. The summed E-state index contributed by atoms with van der Waals surface area (Å²) in [5.41, 5.74) is -0.557. The summed E-state index contributed by atoms with van der Waals surface area (Å²) in [6.45, 7) is 1.35. The van der Waals surface area contributed by atoms with Crippen molar-refractivity contribution < 1.29 is 27.6 Å². The van der Waals surface area contributed by atoms with Crippen molar-refractivity contribution in [3.8, 4) is 0 Å². The third kappa shape index (κ3) is 3.03. The Kier molecular flexibility index (Phi) is 4.23. The lowest BCUT2D eigenvalue weighted by atomic mass is 10.1. The van der Waals surface area contributed by atoms with Gasteiger partial charge in [0.2, 0.25) is 5.91 Å². The number of aromatic nitrogens is 1. The highest BCUT2D eigenvalue weighted by Crippen LogP contribution is 2.29. The van der Waals surface area contributed by atoms with Gasteiger partial charge < -0.3 is 5.32 Å². The van der Waals surface area contributed by atoms with Crippen LogP contribution in [0.1, 0.15) is 33.2 Å². The summed E-state index contributed by atoms with van der Waals surface area (Å²) in [6, 6.07) is 6.78. The molecule has 1 aromatic heterocycles. The zero-order chi connectivity index (χ0) is 19.1. The molecule has 2 heterocycles. The van der Waals surface area contributed by atoms with Crippen LogP contribution in [0.25, 0.3) is 0 Å². The van der Waals surface area contributed by atoms with Crippen LogP contribution in [0.2, 0.25) is 0 Å². The number of nitrogens with zero attached hydrogens (tertiary/aromatic N) is 2. The molecule has 0 aliphatic carbocycles. The first-order chi connectivity index (χ1) is 12.2. The predicted octanol–water partition coefficient (Wildman–Crippen LogP) is 2.72. The minimum absolute atomic E-state index is 0.119. The number of carbonyl (C=O) groups is 3. The molecule has 1 aromatic carbocycles. The lowest BCUT2D eigenvalue weighted by molar-refractivity contribution is -0.137. The summed E-state index contributed by atoms with van der Waals surface area (Å²) in [4.78, 5) is 41.3. The monoisotopic (exact) mass is 363 g/mol. The van der Waals surface area contributed by atoms with Gasteiger partial charge in [0.1, 0.15) is 11.9 Å². The Bertz CT molecular complexity index is 859. The number of carbonyl (C=O) groups excluding carboxylic acids is 3. The van der Waals surface area contributed by atoms with E-state index >= 15 is 0 Å². The summed E-state index contributed by atoms with van der Waals surface area (Å²) in [5.74, 6) is -2.07. The van der Waals surface area contributed by atoms with Gasteiger partial charge in [-0.25, -0.2) is 4.98 Å². The standard InChI is InChI=1S/C17H12F3N3O3/c1-9(23-15(25)11-4-2-3-5-12(11)16(23)26)14(24)22-13-7-6-10(8-21-13)17(18,19)20/h2-9H,1H3,(H,21,22,24). The number of halogens is 3. The fraction of sp³-hybridized carbons (Fsp3) is 0.176. The van der Waals surface area contributed by atoms with Crippen molar-refractivity contribution in [3.05, 3.63) is 59.3 Å². The molecule has 0 saturated carbocycles. The molecule has 2 aromatic rings. The normalized spacial score (nSPS) is 15.0. The van der Waals surface area contributed by atoms with E-state index in [0.717, 1.165) is 17.0 Å². The molecule has 1 aliphatic rings. The molecule has 1 N–H and O–H groups in total. The molecule has 26 heavy (non-hydrogen) atoms. The van der Waals surface area contributed by atoms with Crippen molar-refractivity contribution >= 4 is 23.5 Å². The molecule has 134 valence electrons. The van der Waals surface area contributed by atoms with E-state index < -0.39 is 35.5 Å². The Hall–Kier alpha value is -3.23. The van der Waals surface area contributed by atoms with E-state index in [2.05, 4.69) is 10.3 Å². The first-order valence-electron chi connectivity index (χ1n) is 7.51. The fourth-order valence-electron chi connectivity index (χ4n) is 2.54. The Labute approximate surface area is 145 Å². The first-order valence-corrected chi connectivity index (χ1v) is 7.51. The number of pyridine rings is 1. The van der Waals surface area contributed by atoms with Gasteiger partial charge in [-0.3, -0.25) is 19.3 Å². The molecule has 0 fully saturated rings. The maximum atomic E-state index is 12.5. The predicted molar refractivity (Wildman–Crippen MR) is 84.3 cm³/mol. The Morgan fingerprint density at radius 1 is 1.08 bits per heavy atom. The number of nitrogens with one attached hydrogen (secondary N) is 1. The minimum Gasteiger partial charge on any atom is -0.309 e. The van der Waals surface area contributed by atoms with E-state index in [1.165, 1.54) is 19.1 Å². The summed E-state index contributed by atoms with van der Waals surface area (Å²) < 4.78 is 37.6. The Morgan fingerprint density at radius 3 is 2.12 bits per heavy atom. The zero-order valence-electron chi connectivity index (χ0n) is 13.4. The summed E-state index contributed by atoms with van der Waals surface area (Å²) in [6.07, 6.45) is -3.95. The number of fused-ring (bicyclic) bond motifs is 1. The highest BCUT2D eigenvalue weighted by Gasteiger charge is 2.40. The number of hydrogen-bond acceptors (Lipinski definition) is 4. The van der Waals surface area contributed by atoms with E-state index in [1.54, 1.807) is 12.1 Å². The quantitative estimate of drug-likeness (QED) is 0.851. The molecule has 3 amide bonds. The molecule has 9 heteroatoms. The van der Waals surface area contributed by atoms with E-state index in [0.29, 0.717) is 6.20 Å². The van der Waals surface area contributed by atoms with E-state index in [-0.39, 0.29) is 16.9 Å². The van der Waals surface area contributed by atoms with E-state index in [1.807, 2.05) is 0 Å². The summed E-state index contributed by atoms with van der Waals surface area (Å²) in [7, 11) is 0. The third-order valence-electron chi connectivity index (χ3n) is 3.93. The van der Waals surface area contributed by atoms with Gasteiger partial charge in [-0.05, 0) is 31.2 Å². The summed E-state index contributed by atoms with van der Waals surface area (Å²) >= 11 is 0. The van der Waals surface area contributed by atoms with Crippen molar-refractivity contribution in [2.75, 3.05) is 5.32 Å². The van der Waals surface area contributed by atoms with Crippen molar-refractivity contribution in [1.82, 2.24) is 9.88 Å². The SMILES string of the molecule is CC(C(=O)Nc1ccc(C(F)(F)F)cn1)N1C(=O)c2ccccc2C1=O. The van der Waals surface area contributed by atoms with E-state index in [9.17, 15) is 27.6 Å². The van der Waals surface area contributed by atoms with Crippen LogP contribution < -0.4 is 5.32 Å². The smallest absolute Gasteiger partial charge is 0.309 e. The minimum atomic E-state index is -4.54. The van der Waals surface area contributed by atoms with Gasteiger partial charge in [-0.15, -0.1) is 0 Å². The van der Waals surface area contributed by atoms with Crippen LogP contribution >= 0.6 is 0 Å². The molecule has 0 saturated heterocycles. The number of anilines is 1. The van der Waals surface area contributed by atoms with Gasteiger partial charge in [-0.2, -0.15) is 13.2 Å². The van der Waals surface area contributed by atoms with Gasteiger partial charge in [0, 0.05) is 6.20 Å². The van der Waals surface area contributed by atoms with E-state index in [4.69, 9.17) is 0 Å². The number of imide groups is 1. The van der Waals surface area contributed by atoms with Gasteiger partial charge in [0.25, 0.3) is 11.8 Å². The van der Waals surface area contributed by atoms with Crippen molar-refractivity contribution in [2.45, 2.75) is 19.1 Å². The van der Waals surface area contributed by atoms with Crippen LogP contribution in [-0.2, 0) is 11.0 Å². The Morgan fingerprint density at radius 2 is 1.65 bits per heavy atom. The van der Waals surface area contributed by atoms with Gasteiger partial charge in [-0.1, -0.05) is 12.1 Å². The molecular weight excluding hydrogens is 351 g/mol. The molecule has 6 nitrogen and oxygen atoms in total. The van der Waals surface area contributed by atoms with Crippen molar-refractivity contribution in [3.63, 3.8) is 0 Å². The van der Waals surface area contributed by atoms with Crippen LogP contribution in [0.5, 0.6) is 0 Å². The molecule has 1 aliphatic heterocycles. The molecule has 0 spiro atoms. The lowest BCUT2D eigenvalue weighted by Crippen LogP contribution is -2.45. The second-order valence-electron chi connectivity index (χ2n) is 5.62. The van der Waals surface area contributed by atoms with Crippen molar-refractivity contribution in [2.24, 2.45) is 0 Å². The highest BCUT2D eigenvalue weighted by molar-refractivity contribution is 6.23. The van der Waals surface area contributed by atoms with Crippen LogP contribution in [0.4, 0.5) is 19.0 Å². The molecule has 0 radical (unpaired) electrons. The van der Waals surface area contributed by atoms with Crippen molar-refractivity contribution in [1.29, 1.82) is 0 Å². The third-order valence-corrected chi connectivity index (χ3v) is 3.93. The average molecular weight is 363 g/mol. The highest BCUT2D eigenvalue weighted by atomic mass is 19.4. The zero-order valence-corrected chi connectivity index (χ0v) is 13.4. The van der Waals surface area contributed by atoms with Crippen LogP contribution in [0, 0.1) is 0 Å². The Balaban J connectivity index is 1.75. The number of hydrogen-bond donors (Lipinski definition) is 1. The number of benzene rings is 1. The second-order valence-corrected chi connectivity index (χ2v) is 5.62. The van der Waals surface area contributed by atoms with Crippen LogP contribution in [0.15, 0.2) is 42.6 Å². The molecule has 1 unspecified atom stereocenters. The van der Waals surface area contributed by atoms with Crippen LogP contribution in [0.3, 0.4) is 0 Å².